The Kier molecular flexibility index (Phi) is 4.24. The molecule has 0 aliphatic heterocycles. The maximum atomic E-state index is 11.7. The normalized spacial score (nSPS) is 10.3. The number of nitrogens with one attached hydrogen (secondary N) is 1. The Balaban J connectivity index is 1.76. The molecule has 2 heterocycles. The zero-order chi connectivity index (χ0) is 13.7. The number of carboxylic acid groups (broad SMARTS) is 1. The van der Waals surface area contributed by atoms with Gasteiger partial charge in [0.15, 0.2) is 0 Å². The van der Waals surface area contributed by atoms with E-state index in [0.717, 1.165) is 17.8 Å². The third-order valence-corrected chi connectivity index (χ3v) is 3.43. The molecular weight excluding hydrogens is 268 g/mol. The molecule has 0 saturated heterocycles. The average Bonchev–Trinajstić information content (AvgIpc) is 3.05. The Labute approximate surface area is 112 Å². The van der Waals surface area contributed by atoms with E-state index in [1.54, 1.807) is 17.1 Å². The first-order valence-corrected chi connectivity index (χ1v) is 6.44. The van der Waals surface area contributed by atoms with Crippen LogP contribution in [0.4, 0.5) is 0 Å². The average molecular weight is 280 g/mol. The van der Waals surface area contributed by atoms with Crippen LogP contribution in [0.5, 0.6) is 0 Å². The van der Waals surface area contributed by atoms with Gasteiger partial charge in [-0.3, -0.25) is 9.48 Å². The number of thiophene rings is 1. The van der Waals surface area contributed by atoms with Gasteiger partial charge in [0.25, 0.3) is 5.91 Å². The molecule has 7 nitrogen and oxygen atoms in total. The number of carbonyl (C=O) groups is 2. The third-order valence-electron chi connectivity index (χ3n) is 2.36. The zero-order valence-corrected chi connectivity index (χ0v) is 10.8. The molecule has 0 aliphatic carbocycles. The minimum atomic E-state index is -1.02. The lowest BCUT2D eigenvalue weighted by atomic mass is 10.4. The fourth-order valence-electron chi connectivity index (χ4n) is 1.46. The van der Waals surface area contributed by atoms with Gasteiger partial charge >= 0.3 is 5.97 Å². The number of carboxylic acids is 1. The highest BCUT2D eigenvalue weighted by atomic mass is 32.1. The number of aryl methyl sites for hydroxylation is 1. The second-order valence-corrected chi connectivity index (χ2v) is 4.83. The lowest BCUT2D eigenvalue weighted by molar-refractivity contribution is 0.0702. The predicted molar refractivity (Wildman–Crippen MR) is 68.3 cm³/mol. The summed E-state index contributed by atoms with van der Waals surface area (Å²) in [5.74, 6) is -1.27. The lowest BCUT2D eigenvalue weighted by Crippen LogP contribution is -2.24. The SMILES string of the molecule is O=C(O)c1ccc(C(=O)NCCCn2ccnn2)s1. The van der Waals surface area contributed by atoms with Gasteiger partial charge in [0.05, 0.1) is 11.1 Å². The van der Waals surface area contributed by atoms with Crippen molar-refractivity contribution in [1.29, 1.82) is 0 Å². The summed E-state index contributed by atoms with van der Waals surface area (Å²) in [7, 11) is 0. The lowest BCUT2D eigenvalue weighted by Gasteiger charge is -2.03. The van der Waals surface area contributed by atoms with Crippen LogP contribution in [0.1, 0.15) is 25.8 Å². The first-order chi connectivity index (χ1) is 9.16. The fraction of sp³-hybridized carbons (Fsp3) is 0.273. The van der Waals surface area contributed by atoms with Crippen molar-refractivity contribution in [3.63, 3.8) is 0 Å². The Bertz CT molecular complexity index is 564. The number of hydrogen-bond acceptors (Lipinski definition) is 5. The molecule has 0 aliphatic rings. The highest BCUT2D eigenvalue weighted by Crippen LogP contribution is 2.16. The number of carbonyl (C=O) groups excluding carboxylic acids is 1. The number of aromatic carboxylic acids is 1. The van der Waals surface area contributed by atoms with Gasteiger partial charge in [-0.15, -0.1) is 16.4 Å². The minimum absolute atomic E-state index is 0.160. The number of rotatable bonds is 6. The molecule has 2 N–H and O–H groups in total. The standard InChI is InChI=1S/C11H12N4O3S/c16-10(8-2-3-9(19-8)11(17)18)12-4-1-6-15-7-5-13-14-15/h2-3,5,7H,1,4,6H2,(H,12,16)(H,17,18). The molecule has 19 heavy (non-hydrogen) atoms. The molecule has 0 unspecified atom stereocenters. The summed E-state index contributed by atoms with van der Waals surface area (Å²) < 4.78 is 1.68. The third kappa shape index (κ3) is 3.62. The largest absolute Gasteiger partial charge is 0.477 e. The molecule has 2 aromatic rings. The summed E-state index contributed by atoms with van der Waals surface area (Å²) >= 11 is 0.966. The van der Waals surface area contributed by atoms with Crippen molar-refractivity contribution in [2.75, 3.05) is 6.54 Å². The maximum Gasteiger partial charge on any atom is 0.345 e. The number of hydrogen-bond donors (Lipinski definition) is 2. The van der Waals surface area contributed by atoms with Crippen LogP contribution >= 0.6 is 11.3 Å². The molecule has 0 bridgehead atoms. The Hall–Kier alpha value is -2.22. The van der Waals surface area contributed by atoms with Crippen molar-refractivity contribution in [3.05, 3.63) is 34.3 Å². The van der Waals surface area contributed by atoms with Gasteiger partial charge < -0.3 is 10.4 Å². The molecule has 1 amide bonds. The molecule has 8 heteroatoms. The van der Waals surface area contributed by atoms with Crippen molar-refractivity contribution in [2.45, 2.75) is 13.0 Å². The van der Waals surface area contributed by atoms with Crippen LogP contribution in [0, 0.1) is 0 Å². The Morgan fingerprint density at radius 3 is 2.79 bits per heavy atom. The van der Waals surface area contributed by atoms with Crippen LogP contribution in [0.3, 0.4) is 0 Å². The first-order valence-electron chi connectivity index (χ1n) is 5.62. The van der Waals surface area contributed by atoms with Gasteiger partial charge in [-0.05, 0) is 18.6 Å². The van der Waals surface area contributed by atoms with E-state index in [-0.39, 0.29) is 10.8 Å². The summed E-state index contributed by atoms with van der Waals surface area (Å²) in [5.41, 5.74) is 0. The van der Waals surface area contributed by atoms with Crippen LogP contribution in [0.15, 0.2) is 24.5 Å². The summed E-state index contributed by atoms with van der Waals surface area (Å²) in [6.45, 7) is 1.17. The van der Waals surface area contributed by atoms with Gasteiger partial charge in [-0.2, -0.15) is 0 Å². The molecular formula is C11H12N4O3S. The van der Waals surface area contributed by atoms with E-state index in [9.17, 15) is 9.59 Å². The molecule has 0 fully saturated rings. The smallest absolute Gasteiger partial charge is 0.345 e. The highest BCUT2D eigenvalue weighted by molar-refractivity contribution is 7.15. The van der Waals surface area contributed by atoms with Gasteiger partial charge in [-0.25, -0.2) is 4.79 Å². The second kappa shape index (κ2) is 6.10. The summed E-state index contributed by atoms with van der Waals surface area (Å²) in [4.78, 5) is 23.0. The quantitative estimate of drug-likeness (QED) is 0.765. The molecule has 0 saturated carbocycles. The van der Waals surface area contributed by atoms with Gasteiger partial charge in [-0.1, -0.05) is 5.21 Å². The van der Waals surface area contributed by atoms with E-state index in [2.05, 4.69) is 15.6 Å². The Morgan fingerprint density at radius 2 is 2.16 bits per heavy atom. The van der Waals surface area contributed by atoms with Gasteiger partial charge in [0.1, 0.15) is 4.88 Å². The van der Waals surface area contributed by atoms with Gasteiger partial charge in [0.2, 0.25) is 0 Å². The van der Waals surface area contributed by atoms with E-state index in [1.807, 2.05) is 0 Å². The van der Waals surface area contributed by atoms with Gasteiger partial charge in [0, 0.05) is 19.3 Å². The van der Waals surface area contributed by atoms with Crippen LogP contribution in [-0.4, -0.2) is 38.5 Å². The number of nitrogens with zero attached hydrogens (tertiary/aromatic N) is 3. The first kappa shape index (κ1) is 13.2. The molecule has 0 spiro atoms. The Morgan fingerprint density at radius 1 is 1.37 bits per heavy atom. The fourth-order valence-corrected chi connectivity index (χ4v) is 2.22. The van der Waals surface area contributed by atoms with Crippen LogP contribution in [-0.2, 0) is 6.54 Å². The topological polar surface area (TPSA) is 97.1 Å². The minimum Gasteiger partial charge on any atom is -0.477 e. The molecule has 2 aromatic heterocycles. The van der Waals surface area contributed by atoms with E-state index in [1.165, 1.54) is 12.1 Å². The monoisotopic (exact) mass is 280 g/mol. The highest BCUT2D eigenvalue weighted by Gasteiger charge is 2.12. The second-order valence-electron chi connectivity index (χ2n) is 3.74. The van der Waals surface area contributed by atoms with Crippen molar-refractivity contribution >= 4 is 23.2 Å². The van der Waals surface area contributed by atoms with Crippen molar-refractivity contribution < 1.29 is 14.7 Å². The summed E-state index contributed by atoms with van der Waals surface area (Å²) in [5, 5.41) is 19.0. The van der Waals surface area contributed by atoms with Crippen LogP contribution < -0.4 is 5.32 Å². The van der Waals surface area contributed by atoms with Crippen molar-refractivity contribution in [2.24, 2.45) is 0 Å². The van der Waals surface area contributed by atoms with E-state index in [0.29, 0.717) is 18.0 Å². The molecule has 0 radical (unpaired) electrons. The van der Waals surface area contributed by atoms with Crippen molar-refractivity contribution in [3.8, 4) is 0 Å². The van der Waals surface area contributed by atoms with Crippen LogP contribution in [0.2, 0.25) is 0 Å². The molecule has 0 aromatic carbocycles. The maximum absolute atomic E-state index is 11.7. The summed E-state index contributed by atoms with van der Waals surface area (Å²) in [6, 6.07) is 2.94. The van der Waals surface area contributed by atoms with Crippen LogP contribution in [0.25, 0.3) is 0 Å². The number of amides is 1. The molecule has 2 rings (SSSR count). The zero-order valence-electron chi connectivity index (χ0n) is 9.94. The number of aromatic nitrogens is 3. The predicted octanol–water partition coefficient (Wildman–Crippen LogP) is 0.858. The molecule has 0 atom stereocenters. The van der Waals surface area contributed by atoms with E-state index in [4.69, 9.17) is 5.11 Å². The summed E-state index contributed by atoms with van der Waals surface area (Å²) in [6.07, 6.45) is 4.07. The van der Waals surface area contributed by atoms with E-state index >= 15 is 0 Å². The van der Waals surface area contributed by atoms with Crippen molar-refractivity contribution in [1.82, 2.24) is 20.3 Å². The molecule has 100 valence electrons. The van der Waals surface area contributed by atoms with E-state index < -0.39 is 5.97 Å².